The van der Waals surface area contributed by atoms with Crippen molar-refractivity contribution in [3.05, 3.63) is 0 Å². The second-order valence-corrected chi connectivity index (χ2v) is 2.80. The van der Waals surface area contributed by atoms with Crippen LogP contribution in [0.25, 0.3) is 0 Å². The van der Waals surface area contributed by atoms with Gasteiger partial charge in [-0.25, -0.2) is 0 Å². The summed E-state index contributed by atoms with van der Waals surface area (Å²) < 4.78 is 5.07. The SMILES string of the molecule is CO[C@@H]1CN[C@H](CC(=O)O)C1. The molecule has 0 aromatic rings. The van der Waals surface area contributed by atoms with Crippen molar-refractivity contribution in [2.24, 2.45) is 0 Å². The van der Waals surface area contributed by atoms with Gasteiger partial charge in [0.05, 0.1) is 12.5 Å². The van der Waals surface area contributed by atoms with E-state index < -0.39 is 5.97 Å². The molecule has 1 fully saturated rings. The zero-order valence-corrected chi connectivity index (χ0v) is 6.54. The van der Waals surface area contributed by atoms with Crippen molar-refractivity contribution in [3.8, 4) is 0 Å². The quantitative estimate of drug-likeness (QED) is 0.600. The normalized spacial score (nSPS) is 30.6. The number of hydrogen-bond acceptors (Lipinski definition) is 3. The lowest BCUT2D eigenvalue weighted by molar-refractivity contribution is -0.137. The number of nitrogens with one attached hydrogen (secondary N) is 1. The summed E-state index contributed by atoms with van der Waals surface area (Å²) >= 11 is 0. The van der Waals surface area contributed by atoms with Gasteiger partial charge in [-0.1, -0.05) is 0 Å². The Balaban J connectivity index is 2.24. The molecule has 4 heteroatoms. The number of methoxy groups -OCH3 is 1. The zero-order chi connectivity index (χ0) is 8.27. The van der Waals surface area contributed by atoms with Crippen LogP contribution in [0, 0.1) is 0 Å². The summed E-state index contributed by atoms with van der Waals surface area (Å²) in [5.41, 5.74) is 0. The fraction of sp³-hybridized carbons (Fsp3) is 0.857. The van der Waals surface area contributed by atoms with Crippen molar-refractivity contribution in [1.29, 1.82) is 0 Å². The van der Waals surface area contributed by atoms with Crippen LogP contribution < -0.4 is 5.32 Å². The number of rotatable bonds is 3. The molecule has 1 saturated heterocycles. The fourth-order valence-corrected chi connectivity index (χ4v) is 1.33. The van der Waals surface area contributed by atoms with Crippen LogP contribution in [0.2, 0.25) is 0 Å². The molecule has 64 valence electrons. The molecule has 0 unspecified atom stereocenters. The molecular formula is C7H13NO3. The molecular weight excluding hydrogens is 146 g/mol. The van der Waals surface area contributed by atoms with Gasteiger partial charge in [-0.2, -0.15) is 0 Å². The Morgan fingerprint density at radius 1 is 1.82 bits per heavy atom. The van der Waals surface area contributed by atoms with E-state index in [9.17, 15) is 4.79 Å². The molecule has 1 heterocycles. The Morgan fingerprint density at radius 3 is 3.00 bits per heavy atom. The van der Waals surface area contributed by atoms with E-state index in [1.165, 1.54) is 0 Å². The van der Waals surface area contributed by atoms with Crippen molar-refractivity contribution in [3.63, 3.8) is 0 Å². The summed E-state index contributed by atoms with van der Waals surface area (Å²) in [5, 5.41) is 11.5. The Kier molecular flexibility index (Phi) is 2.84. The van der Waals surface area contributed by atoms with Crippen LogP contribution in [0.4, 0.5) is 0 Å². The molecule has 0 aromatic heterocycles. The molecule has 1 aliphatic rings. The van der Waals surface area contributed by atoms with Gasteiger partial charge in [0.15, 0.2) is 0 Å². The lowest BCUT2D eigenvalue weighted by atomic mass is 10.1. The lowest BCUT2D eigenvalue weighted by Gasteiger charge is -2.05. The topological polar surface area (TPSA) is 58.6 Å². The Hall–Kier alpha value is -0.610. The molecule has 2 N–H and O–H groups in total. The molecule has 0 radical (unpaired) electrons. The van der Waals surface area contributed by atoms with E-state index in [0.717, 1.165) is 13.0 Å². The van der Waals surface area contributed by atoms with Gasteiger partial charge in [0.25, 0.3) is 0 Å². The molecule has 0 amide bonds. The molecule has 2 atom stereocenters. The maximum Gasteiger partial charge on any atom is 0.304 e. The summed E-state index contributed by atoms with van der Waals surface area (Å²) in [6.45, 7) is 0.772. The van der Waals surface area contributed by atoms with E-state index in [1.807, 2.05) is 0 Å². The van der Waals surface area contributed by atoms with Crippen LogP contribution in [-0.4, -0.2) is 36.9 Å². The van der Waals surface area contributed by atoms with Crippen molar-refractivity contribution in [1.82, 2.24) is 5.32 Å². The second kappa shape index (κ2) is 3.69. The lowest BCUT2D eigenvalue weighted by Crippen LogP contribution is -2.24. The minimum absolute atomic E-state index is 0.0949. The van der Waals surface area contributed by atoms with Crippen LogP contribution in [0.3, 0.4) is 0 Å². The summed E-state index contributed by atoms with van der Waals surface area (Å²) in [7, 11) is 1.65. The molecule has 0 bridgehead atoms. The number of carboxylic acids is 1. The third-order valence-corrected chi connectivity index (χ3v) is 1.94. The highest BCUT2D eigenvalue weighted by Gasteiger charge is 2.25. The van der Waals surface area contributed by atoms with E-state index in [-0.39, 0.29) is 18.6 Å². The number of carbonyl (C=O) groups is 1. The van der Waals surface area contributed by atoms with E-state index in [4.69, 9.17) is 9.84 Å². The van der Waals surface area contributed by atoms with Crippen LogP contribution >= 0.6 is 0 Å². The molecule has 0 spiro atoms. The van der Waals surface area contributed by atoms with Gasteiger partial charge >= 0.3 is 5.97 Å². The second-order valence-electron chi connectivity index (χ2n) is 2.80. The van der Waals surface area contributed by atoms with Crippen molar-refractivity contribution in [2.75, 3.05) is 13.7 Å². The standard InChI is InChI=1S/C7H13NO3/c1-11-6-2-5(8-4-6)3-7(9)10/h5-6,8H,2-4H2,1H3,(H,9,10)/t5-,6-/m0/s1. The van der Waals surface area contributed by atoms with Gasteiger partial charge in [-0.05, 0) is 6.42 Å². The van der Waals surface area contributed by atoms with Crippen molar-refractivity contribution in [2.45, 2.75) is 25.0 Å². The highest BCUT2D eigenvalue weighted by Crippen LogP contribution is 2.11. The molecule has 11 heavy (non-hydrogen) atoms. The number of hydrogen-bond donors (Lipinski definition) is 2. The molecule has 0 aliphatic carbocycles. The minimum atomic E-state index is -0.751. The molecule has 0 aromatic carbocycles. The van der Waals surface area contributed by atoms with Gasteiger partial charge in [0.1, 0.15) is 0 Å². The average Bonchev–Trinajstić information content (AvgIpc) is 2.34. The fourth-order valence-electron chi connectivity index (χ4n) is 1.33. The maximum absolute atomic E-state index is 10.3. The van der Waals surface area contributed by atoms with E-state index in [0.29, 0.717) is 0 Å². The van der Waals surface area contributed by atoms with E-state index in [1.54, 1.807) is 7.11 Å². The Morgan fingerprint density at radius 2 is 2.55 bits per heavy atom. The number of carboxylic acid groups (broad SMARTS) is 1. The zero-order valence-electron chi connectivity index (χ0n) is 6.54. The molecule has 0 saturated carbocycles. The van der Waals surface area contributed by atoms with Gasteiger partial charge in [0.2, 0.25) is 0 Å². The van der Waals surface area contributed by atoms with Crippen LogP contribution in [-0.2, 0) is 9.53 Å². The van der Waals surface area contributed by atoms with Crippen molar-refractivity contribution < 1.29 is 14.6 Å². The monoisotopic (exact) mass is 159 g/mol. The van der Waals surface area contributed by atoms with Gasteiger partial charge in [-0.15, -0.1) is 0 Å². The maximum atomic E-state index is 10.3. The predicted molar refractivity (Wildman–Crippen MR) is 39.5 cm³/mol. The summed E-state index contributed by atoms with van der Waals surface area (Å²) in [5.74, 6) is -0.751. The first kappa shape index (κ1) is 8.49. The van der Waals surface area contributed by atoms with Gasteiger partial charge in [0, 0.05) is 19.7 Å². The highest BCUT2D eigenvalue weighted by atomic mass is 16.5. The largest absolute Gasteiger partial charge is 0.481 e. The highest BCUT2D eigenvalue weighted by molar-refractivity contribution is 5.67. The molecule has 1 aliphatic heterocycles. The average molecular weight is 159 g/mol. The third-order valence-electron chi connectivity index (χ3n) is 1.94. The van der Waals surface area contributed by atoms with E-state index >= 15 is 0 Å². The number of aliphatic carboxylic acids is 1. The summed E-state index contributed by atoms with van der Waals surface area (Å²) in [6, 6.07) is 0.0949. The summed E-state index contributed by atoms with van der Waals surface area (Å²) in [6.07, 6.45) is 1.20. The smallest absolute Gasteiger partial charge is 0.304 e. The molecule has 4 nitrogen and oxygen atoms in total. The van der Waals surface area contributed by atoms with Crippen LogP contribution in [0.1, 0.15) is 12.8 Å². The minimum Gasteiger partial charge on any atom is -0.481 e. The predicted octanol–water partition coefficient (Wildman–Crippen LogP) is -0.162. The Bertz CT molecular complexity index is 149. The van der Waals surface area contributed by atoms with Crippen LogP contribution in [0.15, 0.2) is 0 Å². The first-order valence-corrected chi connectivity index (χ1v) is 3.70. The molecule has 1 rings (SSSR count). The first-order chi connectivity index (χ1) is 5.22. The van der Waals surface area contributed by atoms with Gasteiger partial charge in [-0.3, -0.25) is 4.79 Å². The third kappa shape index (κ3) is 2.48. The van der Waals surface area contributed by atoms with Crippen molar-refractivity contribution >= 4 is 5.97 Å². The Labute approximate surface area is 65.5 Å². The number of ether oxygens (including phenoxy) is 1. The van der Waals surface area contributed by atoms with Crippen LogP contribution in [0.5, 0.6) is 0 Å². The first-order valence-electron chi connectivity index (χ1n) is 3.70. The van der Waals surface area contributed by atoms with Gasteiger partial charge < -0.3 is 15.2 Å². The van der Waals surface area contributed by atoms with E-state index in [2.05, 4.69) is 5.32 Å². The summed E-state index contributed by atoms with van der Waals surface area (Å²) in [4.78, 5) is 10.3.